The van der Waals surface area contributed by atoms with Crippen LogP contribution in [0.25, 0.3) is 11.3 Å². The average Bonchev–Trinajstić information content (AvgIpc) is 2.81. The van der Waals surface area contributed by atoms with Gasteiger partial charge in [-0.3, -0.25) is 4.79 Å². The number of benzene rings is 3. The van der Waals surface area contributed by atoms with Gasteiger partial charge in [0.2, 0.25) is 5.95 Å². The molecule has 0 aliphatic carbocycles. The number of rotatable bonds is 6. The van der Waals surface area contributed by atoms with Crippen molar-refractivity contribution < 1.29 is 9.53 Å². The van der Waals surface area contributed by atoms with Gasteiger partial charge in [-0.05, 0) is 49.4 Å². The predicted octanol–water partition coefficient (Wildman–Crippen LogP) is 5.31. The lowest BCUT2D eigenvalue weighted by Gasteiger charge is -2.09. The molecule has 4 aromatic rings. The number of hydrogen-bond acceptors (Lipinski definition) is 6. The number of hydrogen-bond donors (Lipinski definition) is 2. The van der Waals surface area contributed by atoms with Gasteiger partial charge in [0, 0.05) is 34.8 Å². The third-order valence-electron chi connectivity index (χ3n) is 4.66. The highest BCUT2D eigenvalue weighted by atomic mass is 16.5. The van der Waals surface area contributed by atoms with E-state index in [-0.39, 0.29) is 5.91 Å². The Kier molecular flexibility index (Phi) is 6.05. The van der Waals surface area contributed by atoms with E-state index in [0.29, 0.717) is 22.9 Å². The summed E-state index contributed by atoms with van der Waals surface area (Å²) in [5.74, 6) is 0.551. The van der Waals surface area contributed by atoms with Crippen LogP contribution < -0.4 is 15.4 Å². The Morgan fingerprint density at radius 2 is 1.75 bits per heavy atom. The Balaban J connectivity index is 1.43. The molecule has 1 aromatic heterocycles. The molecule has 0 aliphatic rings. The van der Waals surface area contributed by atoms with E-state index in [2.05, 4.69) is 20.6 Å². The van der Waals surface area contributed by atoms with Gasteiger partial charge < -0.3 is 15.4 Å². The summed E-state index contributed by atoms with van der Waals surface area (Å²) >= 11 is 0. The van der Waals surface area contributed by atoms with Crippen LogP contribution in [0.1, 0.15) is 15.9 Å². The number of ether oxygens (including phenoxy) is 1. The first kappa shape index (κ1) is 20.6. The minimum Gasteiger partial charge on any atom is -0.388 e. The first-order valence-corrected chi connectivity index (χ1v) is 9.85. The maximum atomic E-state index is 12.5. The van der Waals surface area contributed by atoms with Crippen molar-refractivity contribution in [3.8, 4) is 23.3 Å². The molecule has 0 fully saturated rings. The van der Waals surface area contributed by atoms with Gasteiger partial charge in [0.05, 0.1) is 5.69 Å². The summed E-state index contributed by atoms with van der Waals surface area (Å²) in [5.41, 5.74) is 4.79. The van der Waals surface area contributed by atoms with Crippen molar-refractivity contribution in [2.75, 3.05) is 10.6 Å². The number of amides is 1. The van der Waals surface area contributed by atoms with Crippen LogP contribution in [0.15, 0.2) is 85.1 Å². The molecular weight excluding hydrogens is 402 g/mol. The van der Waals surface area contributed by atoms with Crippen LogP contribution in [0.3, 0.4) is 0 Å². The Labute approximate surface area is 185 Å². The molecule has 0 atom stereocenters. The van der Waals surface area contributed by atoms with Gasteiger partial charge in [-0.15, -0.1) is 5.26 Å². The molecule has 0 radical (unpaired) electrons. The summed E-state index contributed by atoms with van der Waals surface area (Å²) in [6.45, 7) is 2.04. The van der Waals surface area contributed by atoms with Gasteiger partial charge >= 0.3 is 0 Å². The number of anilines is 3. The molecule has 1 amide bonds. The molecule has 4 rings (SSSR count). The maximum absolute atomic E-state index is 12.5. The molecule has 2 N–H and O–H groups in total. The van der Waals surface area contributed by atoms with Crippen LogP contribution in [0.2, 0.25) is 0 Å². The van der Waals surface area contributed by atoms with E-state index < -0.39 is 0 Å². The molecule has 0 aliphatic heterocycles. The molecule has 1 heterocycles. The van der Waals surface area contributed by atoms with Crippen LogP contribution in [-0.2, 0) is 0 Å². The number of aryl methyl sites for hydroxylation is 1. The zero-order valence-electron chi connectivity index (χ0n) is 17.2. The second-order valence-corrected chi connectivity index (χ2v) is 7.01. The van der Waals surface area contributed by atoms with E-state index in [1.54, 1.807) is 61.0 Å². The van der Waals surface area contributed by atoms with Crippen molar-refractivity contribution in [1.29, 1.82) is 5.26 Å². The van der Waals surface area contributed by atoms with Gasteiger partial charge in [-0.25, -0.2) is 9.97 Å². The largest absolute Gasteiger partial charge is 0.388 e. The van der Waals surface area contributed by atoms with Crippen LogP contribution in [0.5, 0.6) is 5.75 Å². The van der Waals surface area contributed by atoms with Crippen LogP contribution in [0, 0.1) is 18.4 Å². The molecule has 7 nitrogen and oxygen atoms in total. The normalized spacial score (nSPS) is 10.1. The minimum absolute atomic E-state index is 0.275. The van der Waals surface area contributed by atoms with Crippen molar-refractivity contribution in [2.24, 2.45) is 0 Å². The number of carbonyl (C=O) groups is 1. The maximum Gasteiger partial charge on any atom is 0.292 e. The van der Waals surface area contributed by atoms with Crippen molar-refractivity contribution >= 4 is 23.2 Å². The van der Waals surface area contributed by atoms with E-state index in [0.717, 1.165) is 16.9 Å². The van der Waals surface area contributed by atoms with E-state index in [1.165, 1.54) is 5.56 Å². The van der Waals surface area contributed by atoms with Gasteiger partial charge in [-0.2, -0.15) is 0 Å². The lowest BCUT2D eigenvalue weighted by atomic mass is 10.1. The average molecular weight is 421 g/mol. The van der Waals surface area contributed by atoms with Crippen molar-refractivity contribution in [3.63, 3.8) is 0 Å². The minimum atomic E-state index is -0.275. The molecule has 0 bridgehead atoms. The molecule has 0 spiro atoms. The van der Waals surface area contributed by atoms with E-state index in [1.807, 2.05) is 37.3 Å². The summed E-state index contributed by atoms with van der Waals surface area (Å²) in [6, 6.07) is 23.6. The Hall–Kier alpha value is -4.70. The van der Waals surface area contributed by atoms with Crippen molar-refractivity contribution in [2.45, 2.75) is 6.92 Å². The second-order valence-electron chi connectivity index (χ2n) is 7.01. The lowest BCUT2D eigenvalue weighted by molar-refractivity contribution is 0.102. The molecule has 0 saturated heterocycles. The van der Waals surface area contributed by atoms with E-state index >= 15 is 0 Å². The molecular formula is C25H19N5O2. The third-order valence-corrected chi connectivity index (χ3v) is 4.66. The van der Waals surface area contributed by atoms with E-state index in [9.17, 15) is 4.79 Å². The van der Waals surface area contributed by atoms with Crippen molar-refractivity contribution in [1.82, 2.24) is 9.97 Å². The summed E-state index contributed by atoms with van der Waals surface area (Å²) in [4.78, 5) is 21.4. The molecule has 156 valence electrons. The fourth-order valence-electron chi connectivity index (χ4n) is 3.03. The van der Waals surface area contributed by atoms with Gasteiger partial charge in [0.25, 0.3) is 12.2 Å². The first-order valence-electron chi connectivity index (χ1n) is 9.85. The zero-order chi connectivity index (χ0) is 22.3. The van der Waals surface area contributed by atoms with E-state index in [4.69, 9.17) is 10.00 Å². The molecule has 0 unspecified atom stereocenters. The van der Waals surface area contributed by atoms with Gasteiger partial charge in [0.15, 0.2) is 0 Å². The van der Waals surface area contributed by atoms with Gasteiger partial charge in [-0.1, -0.05) is 35.9 Å². The number of nitrogens with one attached hydrogen (secondary N) is 2. The second kappa shape index (κ2) is 9.41. The number of nitriles is 1. The predicted molar refractivity (Wildman–Crippen MR) is 123 cm³/mol. The summed E-state index contributed by atoms with van der Waals surface area (Å²) < 4.78 is 4.78. The monoisotopic (exact) mass is 421 g/mol. The zero-order valence-corrected chi connectivity index (χ0v) is 17.2. The van der Waals surface area contributed by atoms with Crippen LogP contribution >= 0.6 is 0 Å². The quantitative estimate of drug-likeness (QED) is 0.409. The Bertz CT molecular complexity index is 1280. The molecule has 32 heavy (non-hydrogen) atoms. The summed E-state index contributed by atoms with van der Waals surface area (Å²) in [7, 11) is 0. The van der Waals surface area contributed by atoms with Crippen LogP contribution in [-0.4, -0.2) is 15.9 Å². The highest BCUT2D eigenvalue weighted by Crippen LogP contribution is 2.21. The SMILES string of the molecule is Cc1ccc(-c2ccnc(Nc3ccc(C(=O)Nc4cccc(OC#N)c4)cc3)n2)cc1. The number of carbonyl (C=O) groups excluding carboxylic acids is 1. The highest BCUT2D eigenvalue weighted by molar-refractivity contribution is 6.04. The lowest BCUT2D eigenvalue weighted by Crippen LogP contribution is -2.11. The third kappa shape index (κ3) is 5.07. The molecule has 0 saturated carbocycles. The number of nitrogens with zero attached hydrogens (tertiary/aromatic N) is 3. The standard InChI is InChI=1S/C25H19N5O2/c1-17-5-7-18(8-6-17)23-13-14-27-25(30-23)29-20-11-9-19(10-12-20)24(31)28-21-3-2-4-22(15-21)32-16-26/h2-15H,1H3,(H,28,31)(H,27,29,30). The van der Waals surface area contributed by atoms with Gasteiger partial charge in [0.1, 0.15) is 5.75 Å². The first-order chi connectivity index (χ1) is 15.6. The Morgan fingerprint density at radius 3 is 2.50 bits per heavy atom. The fraction of sp³-hybridized carbons (Fsp3) is 0.0400. The summed E-state index contributed by atoms with van der Waals surface area (Å²) in [5, 5.41) is 14.6. The smallest absolute Gasteiger partial charge is 0.292 e. The molecule has 3 aromatic carbocycles. The fourth-order valence-corrected chi connectivity index (χ4v) is 3.03. The van der Waals surface area contributed by atoms with Crippen LogP contribution in [0.4, 0.5) is 17.3 Å². The highest BCUT2D eigenvalue weighted by Gasteiger charge is 2.08. The molecule has 7 heteroatoms. The topological polar surface area (TPSA) is 99.9 Å². The number of aromatic nitrogens is 2. The van der Waals surface area contributed by atoms with Crippen molar-refractivity contribution in [3.05, 3.63) is 96.2 Å². The summed E-state index contributed by atoms with van der Waals surface area (Å²) in [6.07, 6.45) is 3.31. The Morgan fingerprint density at radius 1 is 0.969 bits per heavy atom.